The van der Waals surface area contributed by atoms with Gasteiger partial charge in [0.1, 0.15) is 13.7 Å². The second-order valence-electron chi connectivity index (χ2n) is 6.81. The van der Waals surface area contributed by atoms with Crippen molar-refractivity contribution in [3.63, 3.8) is 0 Å². The van der Waals surface area contributed by atoms with E-state index < -0.39 is 18.0 Å². The quantitative estimate of drug-likeness (QED) is 0.392. The predicted molar refractivity (Wildman–Crippen MR) is 116 cm³/mol. The van der Waals surface area contributed by atoms with Gasteiger partial charge in [-0.15, -0.1) is 0 Å². The first-order valence-electron chi connectivity index (χ1n) is 9.84. The van der Waals surface area contributed by atoms with E-state index in [0.29, 0.717) is 28.0 Å². The van der Waals surface area contributed by atoms with Crippen molar-refractivity contribution < 1.29 is 32.2 Å². The number of carbonyl (C=O) groups is 1. The molecule has 2 aromatic carbocycles. The number of hydrogen-bond acceptors (Lipinski definition) is 8. The number of benzene rings is 2. The topological polar surface area (TPSA) is 111 Å². The Morgan fingerprint density at radius 3 is 2.59 bits per heavy atom. The van der Waals surface area contributed by atoms with Gasteiger partial charge in [-0.05, 0) is 18.6 Å². The van der Waals surface area contributed by atoms with E-state index in [0.717, 1.165) is 0 Å². The Hall–Kier alpha value is -4.22. The Morgan fingerprint density at radius 2 is 1.91 bits per heavy atom. The zero-order chi connectivity index (χ0) is 24.7. The van der Waals surface area contributed by atoms with E-state index in [4.69, 9.17) is 9.68 Å². The Labute approximate surface area is 192 Å². The van der Waals surface area contributed by atoms with Gasteiger partial charge < -0.3 is 19.5 Å². The number of oxime groups is 2. The molecule has 1 aromatic heterocycles. The molecule has 0 aliphatic heterocycles. The van der Waals surface area contributed by atoms with E-state index in [1.165, 1.54) is 14.2 Å². The first kappa shape index (κ1) is 24.4. The van der Waals surface area contributed by atoms with Gasteiger partial charge in [-0.25, -0.2) is 0 Å². The number of nitrogens with zero attached hydrogens (tertiary/aromatic N) is 4. The molecule has 178 valence electrons. The summed E-state index contributed by atoms with van der Waals surface area (Å²) >= 11 is 0. The minimum Gasteiger partial charge on any atom is -0.398 e. The number of nitrogens with one attached hydrogen (secondary N) is 1. The number of alkyl halides is 3. The lowest BCUT2D eigenvalue weighted by atomic mass is 10.0. The van der Waals surface area contributed by atoms with Crippen molar-refractivity contribution >= 4 is 17.3 Å². The highest BCUT2D eigenvalue weighted by Gasteiger charge is 2.38. The molecule has 0 aliphatic rings. The average Bonchev–Trinajstić information content (AvgIpc) is 3.34. The van der Waals surface area contributed by atoms with Crippen molar-refractivity contribution in [2.45, 2.75) is 19.7 Å². The summed E-state index contributed by atoms with van der Waals surface area (Å²) in [6, 6.07) is 13.4. The fraction of sp³-hybridized carbons (Fsp3) is 0.227. The Balaban J connectivity index is 1.77. The molecule has 0 saturated heterocycles. The average molecular weight is 475 g/mol. The third-order valence-electron chi connectivity index (χ3n) is 4.53. The molecule has 9 nitrogen and oxygen atoms in total. The molecule has 34 heavy (non-hydrogen) atoms. The second kappa shape index (κ2) is 10.6. The Bertz CT molecular complexity index is 1220. The molecule has 1 N–H and O–H groups in total. The van der Waals surface area contributed by atoms with E-state index in [2.05, 4.69) is 30.3 Å². The summed E-state index contributed by atoms with van der Waals surface area (Å²) in [6.45, 7) is 1.69. The van der Waals surface area contributed by atoms with Crippen LogP contribution in [0.25, 0.3) is 11.4 Å². The fourth-order valence-electron chi connectivity index (χ4n) is 2.89. The van der Waals surface area contributed by atoms with Gasteiger partial charge in [-0.1, -0.05) is 57.9 Å². The van der Waals surface area contributed by atoms with Crippen LogP contribution in [0.5, 0.6) is 0 Å². The summed E-state index contributed by atoms with van der Waals surface area (Å²) in [7, 11) is 2.81. The number of amides is 1. The molecular weight excluding hydrogens is 455 g/mol. The SMILES string of the molecule is CNC(=O)/C(=N/OC)c1ccccc1CO/N=C(\C)c1cccc(-c2noc(C(F)(F)F)n2)c1. The highest BCUT2D eigenvalue weighted by Crippen LogP contribution is 2.29. The van der Waals surface area contributed by atoms with E-state index in [-0.39, 0.29) is 18.1 Å². The van der Waals surface area contributed by atoms with Crippen LogP contribution in [0.3, 0.4) is 0 Å². The third kappa shape index (κ3) is 5.77. The largest absolute Gasteiger partial charge is 0.471 e. The number of halogens is 3. The Morgan fingerprint density at radius 1 is 1.15 bits per heavy atom. The maximum atomic E-state index is 12.7. The molecule has 3 rings (SSSR count). The molecule has 0 saturated carbocycles. The van der Waals surface area contributed by atoms with Gasteiger partial charge >= 0.3 is 12.1 Å². The number of aromatic nitrogens is 2. The van der Waals surface area contributed by atoms with Gasteiger partial charge in [0.2, 0.25) is 5.82 Å². The number of likely N-dealkylation sites (N-methyl/N-ethyl adjacent to an activating group) is 1. The summed E-state index contributed by atoms with van der Waals surface area (Å²) in [4.78, 5) is 25.8. The molecule has 3 aromatic rings. The molecule has 1 heterocycles. The zero-order valence-electron chi connectivity index (χ0n) is 18.4. The standard InChI is InChI=1S/C22H20F3N5O4/c1-13(14-8-6-9-15(11-14)19-27-21(34-30-19)22(23,24)25)28-33-12-16-7-4-5-10-17(16)18(29-32-3)20(31)26-2/h4-11H,12H2,1-3H3,(H,26,31)/b28-13+,29-18+. The highest BCUT2D eigenvalue weighted by molar-refractivity contribution is 6.45. The zero-order valence-corrected chi connectivity index (χ0v) is 18.4. The van der Waals surface area contributed by atoms with Crippen LogP contribution in [-0.2, 0) is 27.3 Å². The molecule has 0 fully saturated rings. The van der Waals surface area contributed by atoms with Gasteiger partial charge in [0.05, 0.1) is 5.71 Å². The molecule has 0 radical (unpaired) electrons. The molecule has 1 amide bonds. The van der Waals surface area contributed by atoms with E-state index in [9.17, 15) is 18.0 Å². The summed E-state index contributed by atoms with van der Waals surface area (Å²) in [6.07, 6.45) is -4.73. The van der Waals surface area contributed by atoms with Gasteiger partial charge in [0, 0.05) is 23.7 Å². The highest BCUT2D eigenvalue weighted by atomic mass is 19.4. The van der Waals surface area contributed by atoms with Crippen molar-refractivity contribution in [2.75, 3.05) is 14.2 Å². The summed E-state index contributed by atoms with van der Waals surface area (Å²) in [5, 5.41) is 13.8. The van der Waals surface area contributed by atoms with E-state index in [1.54, 1.807) is 55.5 Å². The predicted octanol–water partition coefficient (Wildman–Crippen LogP) is 3.79. The normalized spacial score (nSPS) is 12.4. The maximum absolute atomic E-state index is 12.7. The smallest absolute Gasteiger partial charge is 0.398 e. The molecule has 0 atom stereocenters. The van der Waals surface area contributed by atoms with Gasteiger partial charge in [-0.3, -0.25) is 4.79 Å². The summed E-state index contributed by atoms with van der Waals surface area (Å²) in [5.41, 5.74) is 2.58. The number of hydrogen-bond donors (Lipinski definition) is 1. The van der Waals surface area contributed by atoms with Gasteiger partial charge in [0.15, 0.2) is 5.71 Å². The molecule has 0 spiro atoms. The van der Waals surface area contributed by atoms with Crippen molar-refractivity contribution in [1.82, 2.24) is 15.5 Å². The number of rotatable bonds is 8. The van der Waals surface area contributed by atoms with Crippen molar-refractivity contribution in [3.05, 3.63) is 71.1 Å². The van der Waals surface area contributed by atoms with Gasteiger partial charge in [-0.2, -0.15) is 18.2 Å². The van der Waals surface area contributed by atoms with Crippen LogP contribution < -0.4 is 5.32 Å². The number of carbonyl (C=O) groups excluding carboxylic acids is 1. The summed E-state index contributed by atoms with van der Waals surface area (Å²) < 4.78 is 42.4. The van der Waals surface area contributed by atoms with Crippen LogP contribution in [-0.4, -0.2) is 41.6 Å². The molecule has 12 heteroatoms. The van der Waals surface area contributed by atoms with Gasteiger partial charge in [0.25, 0.3) is 5.91 Å². The van der Waals surface area contributed by atoms with Crippen molar-refractivity contribution in [1.29, 1.82) is 0 Å². The molecule has 0 bridgehead atoms. The molecule has 0 aliphatic carbocycles. The lowest BCUT2D eigenvalue weighted by Crippen LogP contribution is -2.29. The van der Waals surface area contributed by atoms with Crippen LogP contribution in [0.4, 0.5) is 13.2 Å². The van der Waals surface area contributed by atoms with Crippen LogP contribution in [0.1, 0.15) is 29.5 Å². The summed E-state index contributed by atoms with van der Waals surface area (Å²) in [5.74, 6) is -2.05. The van der Waals surface area contributed by atoms with Crippen LogP contribution in [0.15, 0.2) is 63.4 Å². The third-order valence-corrected chi connectivity index (χ3v) is 4.53. The van der Waals surface area contributed by atoms with E-state index in [1.807, 2.05) is 0 Å². The maximum Gasteiger partial charge on any atom is 0.471 e. The molecular formula is C22H20F3N5O4. The lowest BCUT2D eigenvalue weighted by molar-refractivity contribution is -0.159. The minimum absolute atomic E-state index is 0.0206. The van der Waals surface area contributed by atoms with Crippen molar-refractivity contribution in [3.8, 4) is 11.4 Å². The van der Waals surface area contributed by atoms with Crippen LogP contribution >= 0.6 is 0 Å². The minimum atomic E-state index is -4.73. The first-order valence-corrected chi connectivity index (χ1v) is 9.84. The molecule has 0 unspecified atom stereocenters. The Kier molecular flexibility index (Phi) is 7.61. The lowest BCUT2D eigenvalue weighted by Gasteiger charge is -2.10. The first-order chi connectivity index (χ1) is 16.2. The fourth-order valence-corrected chi connectivity index (χ4v) is 2.89. The van der Waals surface area contributed by atoms with Crippen LogP contribution in [0.2, 0.25) is 0 Å². The van der Waals surface area contributed by atoms with E-state index >= 15 is 0 Å². The van der Waals surface area contributed by atoms with Crippen LogP contribution in [0, 0.1) is 0 Å². The monoisotopic (exact) mass is 475 g/mol. The second-order valence-corrected chi connectivity index (χ2v) is 6.81. The van der Waals surface area contributed by atoms with Crippen molar-refractivity contribution in [2.24, 2.45) is 10.3 Å².